The Bertz CT molecular complexity index is 403. The molecule has 1 aromatic carbocycles. The average Bonchev–Trinajstić information content (AvgIpc) is 2.28. The zero-order valence-corrected chi connectivity index (χ0v) is 11.8. The Kier molecular flexibility index (Phi) is 4.87. The topological polar surface area (TPSA) is 37.4 Å². The van der Waals surface area contributed by atoms with Gasteiger partial charge in [0.15, 0.2) is 10.6 Å². The van der Waals surface area contributed by atoms with Crippen molar-refractivity contribution in [2.75, 3.05) is 4.90 Å². The average molecular weight is 298 g/mol. The second-order valence-electron chi connectivity index (χ2n) is 4.11. The van der Waals surface area contributed by atoms with Crippen molar-refractivity contribution in [3.63, 3.8) is 0 Å². The van der Waals surface area contributed by atoms with Gasteiger partial charge in [0, 0.05) is 11.7 Å². The molecule has 1 atom stereocenters. The van der Waals surface area contributed by atoms with Gasteiger partial charge in [-0.25, -0.2) is 0 Å². The van der Waals surface area contributed by atoms with Gasteiger partial charge in [0.25, 0.3) is 0 Å². The third-order valence-corrected chi connectivity index (χ3v) is 3.40. The molecule has 0 aliphatic heterocycles. The van der Waals surface area contributed by atoms with E-state index in [4.69, 9.17) is 0 Å². The predicted octanol–water partition coefficient (Wildman–Crippen LogP) is 2.78. The van der Waals surface area contributed by atoms with Crippen molar-refractivity contribution in [2.45, 2.75) is 31.6 Å². The van der Waals surface area contributed by atoms with Gasteiger partial charge in [0.1, 0.15) is 0 Å². The van der Waals surface area contributed by atoms with E-state index in [-0.39, 0.29) is 17.7 Å². The summed E-state index contributed by atoms with van der Waals surface area (Å²) in [6.07, 6.45) is 0. The van der Waals surface area contributed by atoms with Crippen LogP contribution in [0.1, 0.15) is 20.8 Å². The summed E-state index contributed by atoms with van der Waals surface area (Å²) in [5, 5.41) is 0. The fourth-order valence-corrected chi connectivity index (χ4v) is 1.79. The van der Waals surface area contributed by atoms with Crippen molar-refractivity contribution < 1.29 is 9.59 Å². The maximum atomic E-state index is 12.2. The SMILES string of the molecule is CC(=O)C(Br)C(=O)N(c1ccccc1)C(C)C. The second-order valence-corrected chi connectivity index (χ2v) is 5.03. The number of ketones is 1. The van der Waals surface area contributed by atoms with Crippen molar-refractivity contribution in [3.05, 3.63) is 30.3 Å². The molecule has 0 saturated carbocycles. The number of Topliss-reactive ketones (excluding diaryl/α,β-unsaturated/α-hetero) is 1. The molecule has 0 bridgehead atoms. The van der Waals surface area contributed by atoms with Crippen LogP contribution in [0.2, 0.25) is 0 Å². The Balaban J connectivity index is 3.03. The normalized spacial score (nSPS) is 12.3. The predicted molar refractivity (Wildman–Crippen MR) is 72.5 cm³/mol. The summed E-state index contributed by atoms with van der Waals surface area (Å²) in [4.78, 5) is 24.3. The third-order valence-electron chi connectivity index (χ3n) is 2.36. The molecule has 0 fully saturated rings. The molecule has 0 aliphatic rings. The molecule has 0 heterocycles. The molecule has 0 aliphatic carbocycles. The van der Waals surface area contributed by atoms with Crippen molar-refractivity contribution in [3.8, 4) is 0 Å². The summed E-state index contributed by atoms with van der Waals surface area (Å²) in [6.45, 7) is 5.25. The van der Waals surface area contributed by atoms with Crippen molar-refractivity contribution in [1.29, 1.82) is 0 Å². The number of benzene rings is 1. The standard InChI is InChI=1S/C13H16BrNO2/c1-9(2)15(11-7-5-4-6-8-11)13(17)12(14)10(3)16/h4-9,12H,1-3H3. The summed E-state index contributed by atoms with van der Waals surface area (Å²) in [5.74, 6) is -0.407. The number of alkyl halides is 1. The maximum Gasteiger partial charge on any atom is 0.248 e. The Morgan fingerprint density at radius 3 is 2.12 bits per heavy atom. The molecule has 4 heteroatoms. The molecule has 1 aromatic rings. The molecule has 17 heavy (non-hydrogen) atoms. The van der Waals surface area contributed by atoms with Crippen LogP contribution in [0.3, 0.4) is 0 Å². The minimum atomic E-state index is -0.773. The smallest absolute Gasteiger partial charge is 0.248 e. The number of hydrogen-bond donors (Lipinski definition) is 0. The first-order valence-corrected chi connectivity index (χ1v) is 6.39. The highest BCUT2D eigenvalue weighted by Crippen LogP contribution is 2.20. The first kappa shape index (κ1) is 13.9. The van der Waals surface area contributed by atoms with Crippen LogP contribution in [-0.4, -0.2) is 22.6 Å². The highest BCUT2D eigenvalue weighted by Gasteiger charge is 2.28. The van der Waals surface area contributed by atoms with Crippen LogP contribution in [0.15, 0.2) is 30.3 Å². The highest BCUT2D eigenvalue weighted by molar-refractivity contribution is 9.10. The van der Waals surface area contributed by atoms with Gasteiger partial charge < -0.3 is 4.90 Å². The number of amides is 1. The number of rotatable bonds is 4. The fourth-order valence-electron chi connectivity index (χ4n) is 1.56. The molecular weight excluding hydrogens is 282 g/mol. The second kappa shape index (κ2) is 5.96. The fraction of sp³-hybridized carbons (Fsp3) is 0.385. The van der Waals surface area contributed by atoms with Gasteiger partial charge in [0.05, 0.1) is 0 Å². The van der Waals surface area contributed by atoms with E-state index in [0.717, 1.165) is 5.69 Å². The number of para-hydroxylation sites is 1. The summed E-state index contributed by atoms with van der Waals surface area (Å²) in [6, 6.07) is 9.35. The van der Waals surface area contributed by atoms with Gasteiger partial charge in [0.2, 0.25) is 5.91 Å². The van der Waals surface area contributed by atoms with E-state index >= 15 is 0 Å². The first-order valence-electron chi connectivity index (χ1n) is 5.47. The van der Waals surface area contributed by atoms with E-state index < -0.39 is 4.83 Å². The third kappa shape index (κ3) is 3.40. The van der Waals surface area contributed by atoms with E-state index in [2.05, 4.69) is 15.9 Å². The summed E-state index contributed by atoms with van der Waals surface area (Å²) >= 11 is 3.13. The number of halogens is 1. The molecule has 0 radical (unpaired) electrons. The van der Waals surface area contributed by atoms with E-state index in [0.29, 0.717) is 0 Å². The zero-order valence-electron chi connectivity index (χ0n) is 10.2. The largest absolute Gasteiger partial charge is 0.309 e. The lowest BCUT2D eigenvalue weighted by atomic mass is 10.2. The van der Waals surface area contributed by atoms with Crippen LogP contribution in [0.5, 0.6) is 0 Å². The molecular formula is C13H16BrNO2. The molecule has 0 spiro atoms. The zero-order chi connectivity index (χ0) is 13.0. The first-order chi connectivity index (χ1) is 7.95. The Morgan fingerprint density at radius 1 is 1.18 bits per heavy atom. The quantitative estimate of drug-likeness (QED) is 0.633. The summed E-state index contributed by atoms with van der Waals surface area (Å²) in [7, 11) is 0. The van der Waals surface area contributed by atoms with Crippen molar-refractivity contribution in [2.24, 2.45) is 0 Å². The van der Waals surface area contributed by atoms with Gasteiger partial charge in [-0.05, 0) is 32.9 Å². The van der Waals surface area contributed by atoms with E-state index in [1.165, 1.54) is 6.92 Å². The van der Waals surface area contributed by atoms with E-state index in [1.807, 2.05) is 44.2 Å². The molecule has 0 aromatic heterocycles. The van der Waals surface area contributed by atoms with Gasteiger partial charge >= 0.3 is 0 Å². The van der Waals surface area contributed by atoms with Crippen molar-refractivity contribution >= 4 is 33.3 Å². The van der Waals surface area contributed by atoms with Crippen LogP contribution in [-0.2, 0) is 9.59 Å². The van der Waals surface area contributed by atoms with Gasteiger partial charge in [-0.2, -0.15) is 0 Å². The van der Waals surface area contributed by atoms with Gasteiger partial charge in [-0.15, -0.1) is 0 Å². The minimum Gasteiger partial charge on any atom is -0.309 e. The van der Waals surface area contributed by atoms with Crippen LogP contribution in [0, 0.1) is 0 Å². The molecule has 92 valence electrons. The molecule has 3 nitrogen and oxygen atoms in total. The number of anilines is 1. The molecule has 1 rings (SSSR count). The number of hydrogen-bond acceptors (Lipinski definition) is 2. The Morgan fingerprint density at radius 2 is 1.71 bits per heavy atom. The summed E-state index contributed by atoms with van der Waals surface area (Å²) < 4.78 is 0. The maximum absolute atomic E-state index is 12.2. The number of carbonyl (C=O) groups excluding carboxylic acids is 2. The van der Waals surface area contributed by atoms with Crippen LogP contribution in [0.25, 0.3) is 0 Å². The number of carbonyl (C=O) groups is 2. The van der Waals surface area contributed by atoms with Crippen LogP contribution >= 0.6 is 15.9 Å². The highest BCUT2D eigenvalue weighted by atomic mass is 79.9. The van der Waals surface area contributed by atoms with Crippen LogP contribution in [0.4, 0.5) is 5.69 Å². The van der Waals surface area contributed by atoms with Crippen LogP contribution < -0.4 is 4.90 Å². The Hall–Kier alpha value is -1.16. The number of nitrogens with zero attached hydrogens (tertiary/aromatic N) is 1. The van der Waals surface area contributed by atoms with E-state index in [9.17, 15) is 9.59 Å². The van der Waals surface area contributed by atoms with Gasteiger partial charge in [-0.1, -0.05) is 34.1 Å². The lowest BCUT2D eigenvalue weighted by molar-refractivity contribution is -0.124. The van der Waals surface area contributed by atoms with Crippen molar-refractivity contribution in [1.82, 2.24) is 0 Å². The molecule has 1 unspecified atom stereocenters. The molecule has 1 amide bonds. The summed E-state index contributed by atoms with van der Waals surface area (Å²) in [5.41, 5.74) is 0.804. The van der Waals surface area contributed by atoms with Gasteiger partial charge in [-0.3, -0.25) is 9.59 Å². The Labute approximate surface area is 110 Å². The minimum absolute atomic E-state index is 0.00398. The lowest BCUT2D eigenvalue weighted by Gasteiger charge is -2.28. The molecule has 0 saturated heterocycles. The lowest BCUT2D eigenvalue weighted by Crippen LogP contribution is -2.43. The van der Waals surface area contributed by atoms with E-state index in [1.54, 1.807) is 4.90 Å². The molecule has 0 N–H and O–H groups in total. The monoisotopic (exact) mass is 297 g/mol.